The van der Waals surface area contributed by atoms with Crippen molar-refractivity contribution in [1.82, 2.24) is 9.88 Å². The van der Waals surface area contributed by atoms with Crippen LogP contribution in [0.4, 0.5) is 5.69 Å². The molecule has 0 saturated heterocycles. The molecule has 0 atom stereocenters. The van der Waals surface area contributed by atoms with Crippen molar-refractivity contribution in [3.05, 3.63) is 71.3 Å². The number of fused-ring (bicyclic) bond motifs is 1. The number of nitrogens with zero attached hydrogens (tertiary/aromatic N) is 3. The molecular formula is C20H22N4O2S. The highest BCUT2D eigenvalue weighted by molar-refractivity contribution is 7.96. The van der Waals surface area contributed by atoms with Crippen LogP contribution in [0.15, 0.2) is 65.6 Å². The van der Waals surface area contributed by atoms with E-state index in [-0.39, 0.29) is 10.5 Å². The van der Waals surface area contributed by atoms with Gasteiger partial charge in [0.2, 0.25) is 0 Å². The van der Waals surface area contributed by atoms with E-state index in [2.05, 4.69) is 16.3 Å². The lowest BCUT2D eigenvalue weighted by Crippen LogP contribution is -2.15. The van der Waals surface area contributed by atoms with E-state index < -0.39 is 10.0 Å². The van der Waals surface area contributed by atoms with Gasteiger partial charge in [0.05, 0.1) is 33.4 Å². The molecule has 6 nitrogen and oxygen atoms in total. The number of benzene rings is 1. The Balaban J connectivity index is 2.42. The second-order valence-corrected chi connectivity index (χ2v) is 8.09. The Kier molecular flexibility index (Phi) is 6.50. The number of para-hydroxylation sites is 1. The smallest absolute Gasteiger partial charge is 0.257 e. The summed E-state index contributed by atoms with van der Waals surface area (Å²) in [5, 5.41) is 9.73. The summed E-state index contributed by atoms with van der Waals surface area (Å²) in [5.41, 5.74) is 2.13. The first-order chi connectivity index (χ1) is 12.8. The maximum atomic E-state index is 12.6. The second kappa shape index (κ2) is 8.62. The maximum absolute atomic E-state index is 12.6. The van der Waals surface area contributed by atoms with Gasteiger partial charge in [-0.25, -0.2) is 13.4 Å². The van der Waals surface area contributed by atoms with Crippen LogP contribution < -0.4 is 4.72 Å². The first-order valence-electron chi connectivity index (χ1n) is 8.24. The quantitative estimate of drug-likeness (QED) is 0.584. The number of rotatable bonds is 7. The van der Waals surface area contributed by atoms with Crippen LogP contribution in [0.25, 0.3) is 10.9 Å². The Morgan fingerprint density at radius 3 is 2.67 bits per heavy atom. The average Bonchev–Trinajstić information content (AvgIpc) is 2.62. The number of aromatic nitrogens is 1. The van der Waals surface area contributed by atoms with Gasteiger partial charge in [-0.15, -0.1) is 0 Å². The minimum Gasteiger partial charge on any atom is -0.304 e. The monoisotopic (exact) mass is 382 g/mol. The van der Waals surface area contributed by atoms with E-state index in [0.29, 0.717) is 17.7 Å². The van der Waals surface area contributed by atoms with Crippen LogP contribution in [0.2, 0.25) is 0 Å². The van der Waals surface area contributed by atoms with Gasteiger partial charge >= 0.3 is 0 Å². The van der Waals surface area contributed by atoms with E-state index in [1.54, 1.807) is 12.1 Å². The highest BCUT2D eigenvalue weighted by Gasteiger charge is 2.15. The Morgan fingerprint density at radius 1 is 1.30 bits per heavy atom. The molecule has 27 heavy (non-hydrogen) atoms. The zero-order chi connectivity index (χ0) is 20.0. The van der Waals surface area contributed by atoms with Crippen molar-refractivity contribution in [3.8, 4) is 6.07 Å². The molecule has 0 aliphatic carbocycles. The Bertz CT molecular complexity index is 1060. The summed E-state index contributed by atoms with van der Waals surface area (Å²) in [5.74, 6) is 0. The van der Waals surface area contributed by atoms with Crippen molar-refractivity contribution in [1.29, 1.82) is 5.26 Å². The SMILES string of the molecule is C=C/C(C#N)=C\C=C(/C)S(=O)(=O)Nc1cccc2ccc(CN(C)C)nc12. The summed E-state index contributed by atoms with van der Waals surface area (Å²) in [6.07, 6.45) is 4.15. The zero-order valence-corrected chi connectivity index (χ0v) is 16.4. The van der Waals surface area contributed by atoms with Crippen molar-refractivity contribution < 1.29 is 8.42 Å². The largest absolute Gasteiger partial charge is 0.304 e. The van der Waals surface area contributed by atoms with E-state index in [1.807, 2.05) is 43.3 Å². The lowest BCUT2D eigenvalue weighted by Gasteiger charge is -2.13. The fourth-order valence-corrected chi connectivity index (χ4v) is 3.22. The van der Waals surface area contributed by atoms with E-state index in [4.69, 9.17) is 5.26 Å². The number of hydrogen-bond donors (Lipinski definition) is 1. The van der Waals surface area contributed by atoms with Gasteiger partial charge in [-0.2, -0.15) is 5.26 Å². The number of nitrogens with one attached hydrogen (secondary N) is 1. The fraction of sp³-hybridized carbons (Fsp3) is 0.200. The number of sulfonamides is 1. The molecule has 1 heterocycles. The third-order valence-corrected chi connectivity index (χ3v) is 5.24. The van der Waals surface area contributed by atoms with Crippen molar-refractivity contribution in [2.45, 2.75) is 13.5 Å². The summed E-state index contributed by atoms with van der Waals surface area (Å²) in [6.45, 7) is 5.62. The highest BCUT2D eigenvalue weighted by Crippen LogP contribution is 2.24. The zero-order valence-electron chi connectivity index (χ0n) is 15.6. The molecule has 1 aromatic heterocycles. The molecule has 140 valence electrons. The summed E-state index contributed by atoms with van der Waals surface area (Å²) in [7, 11) is 0.110. The molecule has 2 aromatic rings. The third-order valence-electron chi connectivity index (χ3n) is 3.77. The highest BCUT2D eigenvalue weighted by atomic mass is 32.2. The summed E-state index contributed by atoms with van der Waals surface area (Å²) < 4.78 is 27.9. The third kappa shape index (κ3) is 5.26. The van der Waals surface area contributed by atoms with Gasteiger partial charge < -0.3 is 4.90 Å². The molecule has 1 aromatic carbocycles. The molecule has 0 fully saturated rings. The molecule has 0 radical (unpaired) electrons. The second-order valence-electron chi connectivity index (χ2n) is 6.24. The van der Waals surface area contributed by atoms with Gasteiger partial charge in [0, 0.05) is 11.9 Å². The standard InChI is InChI=1S/C20H22N4O2S/c1-5-16(13-21)10-9-15(2)27(25,26)23-19-8-6-7-17-11-12-18(14-24(3)4)22-20(17)19/h5-12,23H,1,14H2,2-4H3/b15-9+,16-10+. The Hall–Kier alpha value is -2.95. The Labute approximate surface area is 160 Å². The van der Waals surface area contributed by atoms with Gasteiger partial charge in [0.25, 0.3) is 10.0 Å². The number of nitriles is 1. The van der Waals surface area contributed by atoms with Crippen molar-refractivity contribution in [2.24, 2.45) is 0 Å². The fourth-order valence-electron chi connectivity index (χ4n) is 2.35. The summed E-state index contributed by atoms with van der Waals surface area (Å²) >= 11 is 0. The van der Waals surface area contributed by atoms with Crippen LogP contribution in [0, 0.1) is 11.3 Å². The van der Waals surface area contributed by atoms with Gasteiger partial charge in [0.15, 0.2) is 0 Å². The molecule has 0 aliphatic heterocycles. The first kappa shape index (κ1) is 20.4. The average molecular weight is 382 g/mol. The number of allylic oxidation sites excluding steroid dienone is 5. The predicted octanol–water partition coefficient (Wildman–Crippen LogP) is 3.58. The number of hydrogen-bond acceptors (Lipinski definition) is 5. The van der Waals surface area contributed by atoms with Gasteiger partial charge in [-0.05, 0) is 45.3 Å². The maximum Gasteiger partial charge on any atom is 0.257 e. The van der Waals surface area contributed by atoms with E-state index in [1.165, 1.54) is 25.2 Å². The van der Waals surface area contributed by atoms with Gasteiger partial charge in [0.1, 0.15) is 0 Å². The normalized spacial score (nSPS) is 12.9. The van der Waals surface area contributed by atoms with Crippen molar-refractivity contribution in [2.75, 3.05) is 18.8 Å². The summed E-state index contributed by atoms with van der Waals surface area (Å²) in [4.78, 5) is 6.68. The first-order valence-corrected chi connectivity index (χ1v) is 9.72. The molecule has 0 aliphatic rings. The molecule has 0 spiro atoms. The molecule has 0 unspecified atom stereocenters. The van der Waals surface area contributed by atoms with Crippen LogP contribution in [0.1, 0.15) is 12.6 Å². The number of pyridine rings is 1. The van der Waals surface area contributed by atoms with Gasteiger partial charge in [-0.1, -0.05) is 30.9 Å². The molecule has 0 amide bonds. The minimum atomic E-state index is -3.78. The molecule has 7 heteroatoms. The van der Waals surface area contributed by atoms with Gasteiger partial charge in [-0.3, -0.25) is 4.72 Å². The van der Waals surface area contributed by atoms with Crippen LogP contribution in [-0.2, 0) is 16.6 Å². The lowest BCUT2D eigenvalue weighted by molar-refractivity contribution is 0.397. The molecule has 2 rings (SSSR count). The van der Waals surface area contributed by atoms with Crippen LogP contribution in [0.3, 0.4) is 0 Å². The molecule has 0 saturated carbocycles. The summed E-state index contributed by atoms with van der Waals surface area (Å²) in [6, 6.07) is 11.1. The predicted molar refractivity (Wildman–Crippen MR) is 109 cm³/mol. The molecule has 1 N–H and O–H groups in total. The molecular weight excluding hydrogens is 360 g/mol. The van der Waals surface area contributed by atoms with Crippen LogP contribution in [0.5, 0.6) is 0 Å². The van der Waals surface area contributed by atoms with E-state index >= 15 is 0 Å². The minimum absolute atomic E-state index is 0.0820. The van der Waals surface area contributed by atoms with E-state index in [0.717, 1.165) is 11.1 Å². The van der Waals surface area contributed by atoms with Crippen molar-refractivity contribution >= 4 is 26.6 Å². The Morgan fingerprint density at radius 2 is 2.04 bits per heavy atom. The van der Waals surface area contributed by atoms with Crippen LogP contribution >= 0.6 is 0 Å². The van der Waals surface area contributed by atoms with E-state index in [9.17, 15) is 8.42 Å². The lowest BCUT2D eigenvalue weighted by atomic mass is 10.2. The number of anilines is 1. The van der Waals surface area contributed by atoms with Crippen molar-refractivity contribution in [3.63, 3.8) is 0 Å². The topological polar surface area (TPSA) is 86.1 Å². The van der Waals surface area contributed by atoms with Crippen LogP contribution in [-0.4, -0.2) is 32.4 Å². The molecule has 0 bridgehead atoms.